The smallest absolute Gasteiger partial charge is 0.269 e. The molecule has 1 aromatic carbocycles. The summed E-state index contributed by atoms with van der Waals surface area (Å²) in [6.45, 7) is 6.33. The van der Waals surface area contributed by atoms with E-state index in [1.807, 2.05) is 13.0 Å². The number of nitrogens with zero attached hydrogens (tertiary/aromatic N) is 4. The lowest BCUT2D eigenvalue weighted by Gasteiger charge is -2.15. The molecule has 1 atom stereocenters. The first-order valence-corrected chi connectivity index (χ1v) is 10.2. The second kappa shape index (κ2) is 9.01. The number of H-pyrrole nitrogens is 1. The summed E-state index contributed by atoms with van der Waals surface area (Å²) in [5.41, 5.74) is 0.326. The van der Waals surface area contributed by atoms with Crippen molar-refractivity contribution < 1.29 is 4.79 Å². The zero-order chi connectivity index (χ0) is 20.1. The fraction of sp³-hybridized carbons (Fsp3) is 0.421. The van der Waals surface area contributed by atoms with Crippen LogP contribution < -0.4 is 10.9 Å². The summed E-state index contributed by atoms with van der Waals surface area (Å²) in [5.74, 6) is 0.946. The number of hydrogen-bond donors (Lipinski definition) is 2. The van der Waals surface area contributed by atoms with E-state index >= 15 is 0 Å². The van der Waals surface area contributed by atoms with Crippen LogP contribution in [0.3, 0.4) is 0 Å². The zero-order valence-corrected chi connectivity index (χ0v) is 17.0. The first kappa shape index (κ1) is 20.1. The second-order valence-electron chi connectivity index (χ2n) is 7.09. The molecule has 2 aromatic heterocycles. The van der Waals surface area contributed by atoms with Gasteiger partial charge in [0.05, 0.1) is 16.7 Å². The van der Waals surface area contributed by atoms with Gasteiger partial charge >= 0.3 is 0 Å². The average molecular weight is 401 g/mol. The molecule has 0 fully saturated rings. The van der Waals surface area contributed by atoms with Crippen LogP contribution in [-0.2, 0) is 4.79 Å². The summed E-state index contributed by atoms with van der Waals surface area (Å²) >= 11 is 1.20. The van der Waals surface area contributed by atoms with E-state index in [0.717, 1.165) is 12.8 Å². The molecule has 0 radical (unpaired) electrons. The highest BCUT2D eigenvalue weighted by atomic mass is 32.2. The molecule has 3 rings (SSSR count). The number of aromatic nitrogens is 5. The third kappa shape index (κ3) is 4.78. The fourth-order valence-electron chi connectivity index (χ4n) is 2.80. The van der Waals surface area contributed by atoms with Crippen molar-refractivity contribution in [2.24, 2.45) is 5.92 Å². The van der Waals surface area contributed by atoms with Gasteiger partial charge in [-0.15, -0.1) is 0 Å². The molecule has 0 aliphatic rings. The molecule has 0 saturated carbocycles. The molecule has 28 heavy (non-hydrogen) atoms. The number of carbonyl (C=O) groups is 1. The molecule has 0 saturated heterocycles. The van der Waals surface area contributed by atoms with Crippen molar-refractivity contribution in [2.45, 2.75) is 44.8 Å². The Morgan fingerprint density at radius 1 is 1.25 bits per heavy atom. The maximum Gasteiger partial charge on any atom is 0.269 e. The van der Waals surface area contributed by atoms with Gasteiger partial charge in [0, 0.05) is 6.04 Å². The topological polar surface area (TPSA) is 106 Å². The van der Waals surface area contributed by atoms with Crippen LogP contribution in [0.15, 0.2) is 40.5 Å². The lowest BCUT2D eigenvalue weighted by molar-refractivity contribution is -0.119. The minimum Gasteiger partial charge on any atom is -0.353 e. The molecule has 0 unspecified atom stereocenters. The van der Waals surface area contributed by atoms with Gasteiger partial charge < -0.3 is 5.32 Å². The first-order chi connectivity index (χ1) is 13.5. The molecule has 1 amide bonds. The Morgan fingerprint density at radius 2 is 2.04 bits per heavy atom. The number of fused-ring (bicyclic) bond motifs is 1. The predicted octanol–water partition coefficient (Wildman–Crippen LogP) is 2.54. The molecular weight excluding hydrogens is 376 g/mol. The lowest BCUT2D eigenvalue weighted by Crippen LogP contribution is -2.34. The zero-order valence-electron chi connectivity index (χ0n) is 16.2. The minimum absolute atomic E-state index is 0.0900. The molecule has 3 aromatic rings. The van der Waals surface area contributed by atoms with Crippen molar-refractivity contribution in [2.75, 3.05) is 5.75 Å². The third-order valence-electron chi connectivity index (χ3n) is 4.28. The van der Waals surface area contributed by atoms with Crippen LogP contribution in [0.5, 0.6) is 0 Å². The van der Waals surface area contributed by atoms with E-state index in [1.54, 1.807) is 18.2 Å². The number of nitrogens with one attached hydrogen (secondary N) is 2. The van der Waals surface area contributed by atoms with Gasteiger partial charge in [0.25, 0.3) is 5.56 Å². The number of rotatable bonds is 8. The minimum atomic E-state index is -0.254. The van der Waals surface area contributed by atoms with Crippen molar-refractivity contribution in [3.05, 3.63) is 40.9 Å². The first-order valence-electron chi connectivity index (χ1n) is 9.25. The molecule has 0 bridgehead atoms. The van der Waals surface area contributed by atoms with E-state index in [9.17, 15) is 9.59 Å². The molecule has 2 N–H and O–H groups in total. The molecule has 2 heterocycles. The van der Waals surface area contributed by atoms with Crippen molar-refractivity contribution in [3.63, 3.8) is 0 Å². The normalized spacial score (nSPS) is 12.4. The summed E-state index contributed by atoms with van der Waals surface area (Å²) < 4.78 is 1.36. The van der Waals surface area contributed by atoms with Gasteiger partial charge in [-0.05, 0) is 37.8 Å². The fourth-order valence-corrected chi connectivity index (χ4v) is 3.61. The summed E-state index contributed by atoms with van der Waals surface area (Å²) in [5, 5.41) is 10.4. The number of carbonyl (C=O) groups excluding carboxylic acids is 1. The number of thioether (sulfide) groups is 1. The number of hydrogen-bond acceptors (Lipinski definition) is 6. The summed E-state index contributed by atoms with van der Waals surface area (Å²) in [6, 6.07) is 7.21. The number of benzene rings is 1. The van der Waals surface area contributed by atoms with E-state index in [1.165, 1.54) is 22.7 Å². The van der Waals surface area contributed by atoms with Gasteiger partial charge in [-0.1, -0.05) is 37.7 Å². The van der Waals surface area contributed by atoms with Crippen molar-refractivity contribution >= 4 is 28.6 Å². The maximum atomic E-state index is 12.9. The molecule has 148 valence electrons. The molecule has 0 aliphatic heterocycles. The average Bonchev–Trinajstić information content (AvgIpc) is 3.19. The number of aromatic amines is 1. The van der Waals surface area contributed by atoms with Gasteiger partial charge in [-0.25, -0.2) is 14.6 Å². The van der Waals surface area contributed by atoms with Crippen LogP contribution in [-0.4, -0.2) is 42.4 Å². The Balaban J connectivity index is 1.80. The lowest BCUT2D eigenvalue weighted by atomic mass is 10.0. The Kier molecular flexibility index (Phi) is 6.45. The van der Waals surface area contributed by atoms with E-state index in [0.29, 0.717) is 22.0 Å². The van der Waals surface area contributed by atoms with E-state index in [2.05, 4.69) is 39.3 Å². The van der Waals surface area contributed by atoms with E-state index in [4.69, 9.17) is 0 Å². The summed E-state index contributed by atoms with van der Waals surface area (Å²) in [6.07, 6.45) is 3.32. The summed E-state index contributed by atoms with van der Waals surface area (Å²) in [4.78, 5) is 33.9. The maximum absolute atomic E-state index is 12.9. The van der Waals surface area contributed by atoms with Crippen LogP contribution in [0.4, 0.5) is 0 Å². The highest BCUT2D eigenvalue weighted by molar-refractivity contribution is 7.99. The van der Waals surface area contributed by atoms with Crippen LogP contribution >= 0.6 is 11.8 Å². The van der Waals surface area contributed by atoms with Crippen LogP contribution in [0.1, 0.15) is 33.6 Å². The second-order valence-corrected chi connectivity index (χ2v) is 8.03. The predicted molar refractivity (Wildman–Crippen MR) is 110 cm³/mol. The van der Waals surface area contributed by atoms with E-state index in [-0.39, 0.29) is 29.2 Å². The van der Waals surface area contributed by atoms with E-state index < -0.39 is 0 Å². The van der Waals surface area contributed by atoms with Gasteiger partial charge in [-0.3, -0.25) is 9.59 Å². The molecular formula is C19H24N6O2S. The van der Waals surface area contributed by atoms with Crippen LogP contribution in [0.25, 0.3) is 16.9 Å². The van der Waals surface area contributed by atoms with Gasteiger partial charge in [0.1, 0.15) is 6.33 Å². The molecule has 0 aliphatic carbocycles. The highest BCUT2D eigenvalue weighted by Crippen LogP contribution is 2.19. The molecule has 0 spiro atoms. The molecule has 8 nitrogen and oxygen atoms in total. The molecule has 9 heteroatoms. The summed E-state index contributed by atoms with van der Waals surface area (Å²) in [7, 11) is 0. The largest absolute Gasteiger partial charge is 0.353 e. The van der Waals surface area contributed by atoms with Crippen molar-refractivity contribution in [3.8, 4) is 5.95 Å². The third-order valence-corrected chi connectivity index (χ3v) is 5.21. The van der Waals surface area contributed by atoms with Gasteiger partial charge in [0.15, 0.2) is 5.16 Å². The Morgan fingerprint density at radius 3 is 2.75 bits per heavy atom. The van der Waals surface area contributed by atoms with Crippen molar-refractivity contribution in [1.29, 1.82) is 0 Å². The van der Waals surface area contributed by atoms with Gasteiger partial charge in [-0.2, -0.15) is 10.1 Å². The highest BCUT2D eigenvalue weighted by Gasteiger charge is 2.17. The Hall–Kier alpha value is -2.68. The standard InChI is InChI=1S/C19H24N6O2S/c1-12(2)8-9-13(3)22-16(26)10-28-19-23-15-7-5-4-6-14(15)17(27)25(19)18-20-11-21-24-18/h4-7,11-13H,8-10H2,1-3H3,(H,22,26)(H,20,21,24)/t13-/m1/s1. The Bertz CT molecular complexity index is 999. The van der Waals surface area contributed by atoms with Crippen LogP contribution in [0.2, 0.25) is 0 Å². The van der Waals surface area contributed by atoms with Crippen molar-refractivity contribution in [1.82, 2.24) is 30.0 Å². The Labute approximate surface area is 167 Å². The van der Waals surface area contributed by atoms with Crippen LogP contribution in [0, 0.1) is 5.92 Å². The number of amides is 1. The number of para-hydroxylation sites is 1. The van der Waals surface area contributed by atoms with Gasteiger partial charge in [0.2, 0.25) is 11.9 Å². The SMILES string of the molecule is CC(C)CC[C@@H](C)NC(=O)CSc1nc2ccccc2c(=O)n1-c1ncn[nH]1. The monoisotopic (exact) mass is 400 g/mol. The quantitative estimate of drug-likeness (QED) is 0.445.